The van der Waals surface area contributed by atoms with Crippen LogP contribution >= 0.6 is 23.2 Å². The number of benzene rings is 1. The third kappa shape index (κ3) is 2.88. The maximum absolute atomic E-state index is 11.7. The number of hydrogen-bond acceptors (Lipinski definition) is 2. The molecule has 1 heterocycles. The van der Waals surface area contributed by atoms with E-state index >= 15 is 0 Å². The van der Waals surface area contributed by atoms with Gasteiger partial charge in [-0.3, -0.25) is 4.79 Å². The highest BCUT2D eigenvalue weighted by Crippen LogP contribution is 2.23. The molecule has 1 saturated heterocycles. The molecule has 0 radical (unpaired) electrons. The van der Waals surface area contributed by atoms with E-state index in [4.69, 9.17) is 27.9 Å². The number of carbonyl (C=O) groups excluding carboxylic acids is 1. The van der Waals surface area contributed by atoms with Crippen molar-refractivity contribution < 1.29 is 9.53 Å². The average Bonchev–Trinajstić information content (AvgIpc) is 2.68. The largest absolute Gasteiger partial charge is 0.368 e. The van der Waals surface area contributed by atoms with Crippen LogP contribution in [-0.2, 0) is 9.53 Å². The van der Waals surface area contributed by atoms with E-state index in [9.17, 15) is 4.79 Å². The number of carbonyl (C=O) groups is 1. The van der Waals surface area contributed by atoms with Crippen LogP contribution in [0.5, 0.6) is 0 Å². The maximum Gasteiger partial charge on any atom is 0.253 e. The minimum absolute atomic E-state index is 0.143. The number of amides is 1. The van der Waals surface area contributed by atoms with Crippen LogP contribution in [0.4, 0.5) is 5.69 Å². The molecule has 1 aliphatic rings. The molecule has 2 rings (SSSR count). The first-order valence-electron chi connectivity index (χ1n) is 5.04. The Morgan fingerprint density at radius 2 is 2.00 bits per heavy atom. The van der Waals surface area contributed by atoms with E-state index in [0.717, 1.165) is 12.8 Å². The molecule has 1 atom stereocenters. The van der Waals surface area contributed by atoms with Gasteiger partial charge in [0.2, 0.25) is 0 Å². The fraction of sp³-hybridized carbons (Fsp3) is 0.364. The Labute approximate surface area is 104 Å². The zero-order chi connectivity index (χ0) is 11.5. The van der Waals surface area contributed by atoms with Crippen molar-refractivity contribution in [1.82, 2.24) is 0 Å². The first kappa shape index (κ1) is 11.7. The van der Waals surface area contributed by atoms with Gasteiger partial charge in [-0.25, -0.2) is 0 Å². The van der Waals surface area contributed by atoms with E-state index in [2.05, 4.69) is 5.32 Å². The molecule has 0 saturated carbocycles. The second kappa shape index (κ2) is 5.04. The molecule has 86 valence electrons. The average molecular weight is 260 g/mol. The number of hydrogen-bond donors (Lipinski definition) is 1. The third-order valence-corrected chi connectivity index (χ3v) is 2.79. The van der Waals surface area contributed by atoms with Crippen molar-refractivity contribution in [1.29, 1.82) is 0 Å². The van der Waals surface area contributed by atoms with Crippen LogP contribution in [-0.4, -0.2) is 18.6 Å². The Morgan fingerprint density at radius 3 is 2.56 bits per heavy atom. The molecule has 0 bridgehead atoms. The number of ether oxygens (including phenoxy) is 1. The summed E-state index contributed by atoms with van der Waals surface area (Å²) in [5.41, 5.74) is 0.595. The van der Waals surface area contributed by atoms with Crippen molar-refractivity contribution in [3.05, 3.63) is 28.2 Å². The molecule has 1 aromatic carbocycles. The molecule has 16 heavy (non-hydrogen) atoms. The Morgan fingerprint density at radius 1 is 1.31 bits per heavy atom. The van der Waals surface area contributed by atoms with E-state index in [0.29, 0.717) is 22.3 Å². The summed E-state index contributed by atoms with van der Waals surface area (Å²) in [5.74, 6) is -0.143. The number of halogens is 2. The second-order valence-corrected chi connectivity index (χ2v) is 4.52. The summed E-state index contributed by atoms with van der Waals surface area (Å²) in [6.45, 7) is 0.647. The van der Waals surface area contributed by atoms with Crippen molar-refractivity contribution >= 4 is 34.8 Å². The lowest BCUT2D eigenvalue weighted by Crippen LogP contribution is -2.26. The van der Waals surface area contributed by atoms with Gasteiger partial charge < -0.3 is 10.1 Å². The fourth-order valence-corrected chi connectivity index (χ4v) is 2.16. The molecule has 1 amide bonds. The Hall–Kier alpha value is -0.770. The molecule has 1 aromatic rings. The normalized spacial score (nSPS) is 19.8. The molecule has 0 aromatic heterocycles. The van der Waals surface area contributed by atoms with E-state index in [1.165, 1.54) is 0 Å². The van der Waals surface area contributed by atoms with Gasteiger partial charge in [-0.15, -0.1) is 0 Å². The van der Waals surface area contributed by atoms with E-state index < -0.39 is 0 Å². The number of rotatable bonds is 2. The van der Waals surface area contributed by atoms with Gasteiger partial charge in [0.05, 0.1) is 0 Å². The predicted octanol–water partition coefficient (Wildman–Crippen LogP) is 3.11. The van der Waals surface area contributed by atoms with Gasteiger partial charge in [-0.05, 0) is 31.0 Å². The van der Waals surface area contributed by atoms with Crippen molar-refractivity contribution in [3.63, 3.8) is 0 Å². The van der Waals surface area contributed by atoms with Crippen molar-refractivity contribution in [2.75, 3.05) is 11.9 Å². The van der Waals surface area contributed by atoms with E-state index in [1.54, 1.807) is 18.2 Å². The molecule has 0 unspecified atom stereocenters. The molecule has 1 fully saturated rings. The van der Waals surface area contributed by atoms with Crippen molar-refractivity contribution in [2.24, 2.45) is 0 Å². The molecule has 3 nitrogen and oxygen atoms in total. The Bertz CT molecular complexity index is 383. The summed E-state index contributed by atoms with van der Waals surface area (Å²) in [5, 5.41) is 3.72. The number of anilines is 1. The minimum Gasteiger partial charge on any atom is -0.368 e. The van der Waals surface area contributed by atoms with Gasteiger partial charge >= 0.3 is 0 Å². The van der Waals surface area contributed by atoms with Crippen LogP contribution in [0.15, 0.2) is 18.2 Å². The fourth-order valence-electron chi connectivity index (χ4n) is 1.63. The van der Waals surface area contributed by atoms with Crippen LogP contribution in [0.3, 0.4) is 0 Å². The highest BCUT2D eigenvalue weighted by molar-refractivity contribution is 6.35. The Balaban J connectivity index is 2.05. The van der Waals surface area contributed by atoms with Crippen molar-refractivity contribution in [2.45, 2.75) is 18.9 Å². The summed E-state index contributed by atoms with van der Waals surface area (Å²) >= 11 is 11.7. The summed E-state index contributed by atoms with van der Waals surface area (Å²) in [6.07, 6.45) is 1.34. The minimum atomic E-state index is -0.349. The first-order valence-corrected chi connectivity index (χ1v) is 5.79. The topological polar surface area (TPSA) is 38.3 Å². The van der Waals surface area contributed by atoms with Crippen LogP contribution in [0.2, 0.25) is 10.0 Å². The zero-order valence-corrected chi connectivity index (χ0v) is 10.0. The highest BCUT2D eigenvalue weighted by atomic mass is 35.5. The summed E-state index contributed by atoms with van der Waals surface area (Å²) in [7, 11) is 0. The first-order chi connectivity index (χ1) is 7.65. The molecule has 0 spiro atoms. The zero-order valence-electron chi connectivity index (χ0n) is 8.50. The molecular weight excluding hydrogens is 249 g/mol. The molecule has 0 aliphatic carbocycles. The standard InChI is InChI=1S/C11H11Cl2NO2/c12-7-4-8(13)6-9(5-7)14-11(15)10-2-1-3-16-10/h4-6,10H,1-3H2,(H,14,15)/t10-/m1/s1. The quantitative estimate of drug-likeness (QED) is 0.887. The lowest BCUT2D eigenvalue weighted by atomic mass is 10.2. The molecule has 1 aliphatic heterocycles. The van der Waals surface area contributed by atoms with Gasteiger partial charge in [0.15, 0.2) is 0 Å². The lowest BCUT2D eigenvalue weighted by molar-refractivity contribution is -0.124. The van der Waals surface area contributed by atoms with Crippen molar-refractivity contribution in [3.8, 4) is 0 Å². The monoisotopic (exact) mass is 259 g/mol. The molecular formula is C11H11Cl2NO2. The molecule has 1 N–H and O–H groups in total. The summed E-state index contributed by atoms with van der Waals surface area (Å²) in [4.78, 5) is 11.7. The second-order valence-electron chi connectivity index (χ2n) is 3.65. The summed E-state index contributed by atoms with van der Waals surface area (Å²) in [6, 6.07) is 4.92. The predicted molar refractivity (Wildman–Crippen MR) is 64.1 cm³/mol. The number of nitrogens with one attached hydrogen (secondary N) is 1. The van der Waals surface area contributed by atoms with Crippen LogP contribution < -0.4 is 5.32 Å². The van der Waals surface area contributed by atoms with Gasteiger partial charge in [0.25, 0.3) is 5.91 Å². The lowest BCUT2D eigenvalue weighted by Gasteiger charge is -2.10. The van der Waals surface area contributed by atoms with E-state index in [1.807, 2.05) is 0 Å². The van der Waals surface area contributed by atoms with E-state index in [-0.39, 0.29) is 12.0 Å². The van der Waals surface area contributed by atoms with Crippen LogP contribution in [0.25, 0.3) is 0 Å². The maximum atomic E-state index is 11.7. The molecule has 5 heteroatoms. The van der Waals surface area contributed by atoms with Crippen LogP contribution in [0, 0.1) is 0 Å². The SMILES string of the molecule is O=C(Nc1cc(Cl)cc(Cl)c1)[C@H]1CCCO1. The third-order valence-electron chi connectivity index (χ3n) is 2.35. The van der Waals surface area contributed by atoms with Crippen LogP contribution in [0.1, 0.15) is 12.8 Å². The highest BCUT2D eigenvalue weighted by Gasteiger charge is 2.23. The summed E-state index contributed by atoms with van der Waals surface area (Å²) < 4.78 is 5.27. The van der Waals surface area contributed by atoms with Gasteiger partial charge in [0.1, 0.15) is 6.10 Å². The smallest absolute Gasteiger partial charge is 0.253 e. The Kier molecular flexibility index (Phi) is 3.69. The van der Waals surface area contributed by atoms with Gasteiger partial charge in [0, 0.05) is 22.3 Å². The van der Waals surface area contributed by atoms with Gasteiger partial charge in [-0.2, -0.15) is 0 Å². The van der Waals surface area contributed by atoms with Gasteiger partial charge in [-0.1, -0.05) is 23.2 Å².